The van der Waals surface area contributed by atoms with Crippen molar-refractivity contribution < 1.29 is 8.42 Å². The highest BCUT2D eigenvalue weighted by Crippen LogP contribution is 2.29. The van der Waals surface area contributed by atoms with Crippen molar-refractivity contribution in [2.24, 2.45) is 7.05 Å². The van der Waals surface area contributed by atoms with Gasteiger partial charge < -0.3 is 4.57 Å². The topological polar surface area (TPSA) is 68.1 Å². The van der Waals surface area contributed by atoms with E-state index in [-0.39, 0.29) is 10.8 Å². The molecule has 0 aliphatic carbocycles. The van der Waals surface area contributed by atoms with Gasteiger partial charge in [0.05, 0.1) is 5.69 Å². The van der Waals surface area contributed by atoms with Crippen LogP contribution in [0.4, 0.5) is 0 Å². The normalized spacial score (nSPS) is 20.2. The molecule has 1 fully saturated rings. The fourth-order valence-corrected chi connectivity index (χ4v) is 4.52. The van der Waals surface area contributed by atoms with Crippen molar-refractivity contribution in [3.8, 4) is 0 Å². The second-order valence-electron chi connectivity index (χ2n) is 5.74. The Kier molecular flexibility index (Phi) is 4.01. The summed E-state index contributed by atoms with van der Waals surface area (Å²) in [7, 11) is -1.51. The molecule has 1 atom stereocenters. The molecule has 2 aromatic heterocycles. The third-order valence-electron chi connectivity index (χ3n) is 4.05. The van der Waals surface area contributed by atoms with E-state index in [2.05, 4.69) is 9.97 Å². The monoisotopic (exact) mass is 320 g/mol. The predicted octanol–water partition coefficient (Wildman–Crippen LogP) is 1.69. The van der Waals surface area contributed by atoms with E-state index >= 15 is 0 Å². The summed E-state index contributed by atoms with van der Waals surface area (Å²) in [4.78, 5) is 8.73. The van der Waals surface area contributed by atoms with E-state index < -0.39 is 10.0 Å². The average Bonchev–Trinajstić information content (AvgIpc) is 2.87. The number of hydrogen-bond donors (Lipinski definition) is 0. The molecule has 0 N–H and O–H groups in total. The molecule has 0 amide bonds. The van der Waals surface area contributed by atoms with Gasteiger partial charge in [0.1, 0.15) is 10.7 Å². The standard InChI is InChI=1S/C15H20N4O2S/c1-12-10-18(2)15(17-12)13-5-4-8-19(11-13)22(20,21)14-6-3-7-16-9-14/h3,6-7,9-10,13H,4-5,8,11H2,1-2H3. The number of hydrogen-bond acceptors (Lipinski definition) is 4. The average molecular weight is 320 g/mol. The maximum Gasteiger partial charge on any atom is 0.244 e. The number of pyridine rings is 1. The van der Waals surface area contributed by atoms with Crippen LogP contribution in [-0.2, 0) is 17.1 Å². The molecule has 1 unspecified atom stereocenters. The Labute approximate surface area is 130 Å². The van der Waals surface area contributed by atoms with Crippen LogP contribution in [0.2, 0.25) is 0 Å². The summed E-state index contributed by atoms with van der Waals surface area (Å²) in [6.45, 7) is 2.98. The van der Waals surface area contributed by atoms with E-state index in [1.54, 1.807) is 22.6 Å². The quantitative estimate of drug-likeness (QED) is 0.863. The van der Waals surface area contributed by atoms with Gasteiger partial charge in [-0.15, -0.1) is 0 Å². The first kappa shape index (κ1) is 15.2. The third kappa shape index (κ3) is 2.78. The molecule has 0 spiro atoms. The van der Waals surface area contributed by atoms with Gasteiger partial charge in [0.25, 0.3) is 0 Å². The number of aromatic nitrogens is 3. The van der Waals surface area contributed by atoms with E-state index in [0.29, 0.717) is 13.1 Å². The Bertz CT molecular complexity index is 755. The summed E-state index contributed by atoms with van der Waals surface area (Å²) >= 11 is 0. The van der Waals surface area contributed by atoms with Crippen LogP contribution in [0.15, 0.2) is 35.6 Å². The highest BCUT2D eigenvalue weighted by atomic mass is 32.2. The van der Waals surface area contributed by atoms with E-state index in [0.717, 1.165) is 24.4 Å². The van der Waals surface area contributed by atoms with Gasteiger partial charge in [-0.1, -0.05) is 0 Å². The molecular formula is C15H20N4O2S. The Balaban J connectivity index is 1.86. The fraction of sp³-hybridized carbons (Fsp3) is 0.467. The molecule has 0 aromatic carbocycles. The van der Waals surface area contributed by atoms with Crippen molar-refractivity contribution in [3.63, 3.8) is 0 Å². The van der Waals surface area contributed by atoms with Gasteiger partial charge in [-0.3, -0.25) is 4.98 Å². The minimum Gasteiger partial charge on any atom is -0.337 e. The maximum absolute atomic E-state index is 12.7. The molecule has 0 radical (unpaired) electrons. The van der Waals surface area contributed by atoms with Gasteiger partial charge in [0, 0.05) is 44.6 Å². The lowest BCUT2D eigenvalue weighted by Gasteiger charge is -2.31. The lowest BCUT2D eigenvalue weighted by Crippen LogP contribution is -2.39. The number of piperidine rings is 1. The summed E-state index contributed by atoms with van der Waals surface area (Å²) in [6.07, 6.45) is 6.77. The van der Waals surface area contributed by atoms with Gasteiger partial charge in [0.2, 0.25) is 10.0 Å². The molecule has 2 aromatic rings. The van der Waals surface area contributed by atoms with E-state index in [1.807, 2.05) is 24.7 Å². The summed E-state index contributed by atoms with van der Waals surface area (Å²) in [5.41, 5.74) is 0.963. The predicted molar refractivity (Wildman–Crippen MR) is 82.9 cm³/mol. The highest BCUT2D eigenvalue weighted by molar-refractivity contribution is 7.89. The maximum atomic E-state index is 12.7. The van der Waals surface area contributed by atoms with Crippen LogP contribution in [0.25, 0.3) is 0 Å². The second-order valence-corrected chi connectivity index (χ2v) is 7.68. The van der Waals surface area contributed by atoms with Gasteiger partial charge >= 0.3 is 0 Å². The number of imidazole rings is 1. The smallest absolute Gasteiger partial charge is 0.244 e. The van der Waals surface area contributed by atoms with E-state index in [4.69, 9.17) is 0 Å². The van der Waals surface area contributed by atoms with Gasteiger partial charge in [-0.2, -0.15) is 4.31 Å². The van der Waals surface area contributed by atoms with Crippen molar-refractivity contribution in [3.05, 3.63) is 42.2 Å². The largest absolute Gasteiger partial charge is 0.337 e. The number of aryl methyl sites for hydroxylation is 2. The molecule has 1 aliphatic heterocycles. The second kappa shape index (κ2) is 5.81. The molecular weight excluding hydrogens is 300 g/mol. The zero-order valence-electron chi connectivity index (χ0n) is 12.8. The number of sulfonamides is 1. The summed E-state index contributed by atoms with van der Waals surface area (Å²) in [5, 5.41) is 0. The first-order valence-corrected chi connectivity index (χ1v) is 8.82. The SMILES string of the molecule is Cc1cn(C)c(C2CCCN(S(=O)(=O)c3cccnc3)C2)n1. The lowest BCUT2D eigenvalue weighted by molar-refractivity contribution is 0.306. The minimum atomic E-state index is -3.48. The molecule has 3 rings (SSSR count). The van der Waals surface area contributed by atoms with Crippen molar-refractivity contribution in [2.45, 2.75) is 30.6 Å². The number of nitrogens with zero attached hydrogens (tertiary/aromatic N) is 4. The van der Waals surface area contributed by atoms with Crippen LogP contribution in [0.5, 0.6) is 0 Å². The van der Waals surface area contributed by atoms with Crippen molar-refractivity contribution in [1.29, 1.82) is 0 Å². The highest BCUT2D eigenvalue weighted by Gasteiger charge is 2.32. The molecule has 3 heterocycles. The molecule has 1 saturated heterocycles. The summed E-state index contributed by atoms with van der Waals surface area (Å²) in [5.74, 6) is 1.10. The van der Waals surface area contributed by atoms with Crippen LogP contribution in [0, 0.1) is 6.92 Å². The molecule has 7 heteroatoms. The molecule has 6 nitrogen and oxygen atoms in total. The van der Waals surface area contributed by atoms with Crippen molar-refractivity contribution in [1.82, 2.24) is 18.8 Å². The number of rotatable bonds is 3. The van der Waals surface area contributed by atoms with Crippen LogP contribution in [-0.4, -0.2) is 40.3 Å². The summed E-state index contributed by atoms with van der Waals surface area (Å²) < 4.78 is 29.0. The van der Waals surface area contributed by atoms with E-state index in [1.165, 1.54) is 6.20 Å². The van der Waals surface area contributed by atoms with Crippen LogP contribution in [0.1, 0.15) is 30.3 Å². The van der Waals surface area contributed by atoms with Crippen molar-refractivity contribution in [2.75, 3.05) is 13.1 Å². The molecule has 1 aliphatic rings. The first-order chi connectivity index (χ1) is 10.5. The molecule has 0 saturated carbocycles. The molecule has 118 valence electrons. The van der Waals surface area contributed by atoms with E-state index in [9.17, 15) is 8.42 Å². The Morgan fingerprint density at radius 3 is 2.82 bits per heavy atom. The van der Waals surface area contributed by atoms with Crippen LogP contribution < -0.4 is 0 Å². The summed E-state index contributed by atoms with van der Waals surface area (Å²) in [6, 6.07) is 3.24. The van der Waals surface area contributed by atoms with Gasteiger partial charge in [-0.05, 0) is 31.9 Å². The molecule has 0 bridgehead atoms. The Morgan fingerprint density at radius 2 is 2.18 bits per heavy atom. The molecule has 22 heavy (non-hydrogen) atoms. The van der Waals surface area contributed by atoms with Gasteiger partial charge in [-0.25, -0.2) is 13.4 Å². The Morgan fingerprint density at radius 1 is 1.36 bits per heavy atom. The van der Waals surface area contributed by atoms with Crippen LogP contribution in [0.3, 0.4) is 0 Å². The third-order valence-corrected chi connectivity index (χ3v) is 5.90. The zero-order valence-corrected chi connectivity index (χ0v) is 13.6. The fourth-order valence-electron chi connectivity index (χ4n) is 3.03. The van der Waals surface area contributed by atoms with Crippen molar-refractivity contribution >= 4 is 10.0 Å². The van der Waals surface area contributed by atoms with Crippen LogP contribution >= 0.6 is 0 Å². The minimum absolute atomic E-state index is 0.138. The zero-order chi connectivity index (χ0) is 15.7. The van der Waals surface area contributed by atoms with Gasteiger partial charge in [0.15, 0.2) is 0 Å². The Hall–Kier alpha value is -1.73. The first-order valence-electron chi connectivity index (χ1n) is 7.38. The lowest BCUT2D eigenvalue weighted by atomic mass is 9.99.